The Morgan fingerprint density at radius 3 is 2.14 bits per heavy atom. The monoisotopic (exact) mass is 417 g/mol. The predicted molar refractivity (Wildman–Crippen MR) is 110 cm³/mol. The van der Waals surface area contributed by atoms with Gasteiger partial charge >= 0.3 is 6.09 Å². The molecule has 0 spiro atoms. The highest BCUT2D eigenvalue weighted by Gasteiger charge is 2.19. The Bertz CT molecular complexity index is 888. The van der Waals surface area contributed by atoms with E-state index in [1.54, 1.807) is 41.5 Å². The lowest BCUT2D eigenvalue weighted by Crippen LogP contribution is -2.31. The molecule has 0 bridgehead atoms. The van der Waals surface area contributed by atoms with Crippen molar-refractivity contribution in [3.05, 3.63) is 52.4 Å². The number of alkyl carbamates (subject to hydrolysis) is 1. The van der Waals surface area contributed by atoms with Crippen LogP contribution in [0.15, 0.2) is 35.7 Å². The summed E-state index contributed by atoms with van der Waals surface area (Å²) in [6.45, 7) is 6.78. The lowest BCUT2D eigenvalue weighted by atomic mass is 10.1. The average molecular weight is 417 g/mol. The topological polar surface area (TPSA) is 105 Å². The van der Waals surface area contributed by atoms with Crippen LogP contribution < -0.4 is 10.6 Å². The van der Waals surface area contributed by atoms with E-state index in [-0.39, 0.29) is 18.1 Å². The lowest BCUT2D eigenvalue weighted by molar-refractivity contribution is 0.0771. The molecule has 8 nitrogen and oxygen atoms in total. The van der Waals surface area contributed by atoms with Gasteiger partial charge in [-0.2, -0.15) is 0 Å². The molecule has 0 aliphatic heterocycles. The van der Waals surface area contributed by atoms with Crippen LogP contribution in [-0.2, 0) is 4.74 Å². The van der Waals surface area contributed by atoms with Gasteiger partial charge in [0.05, 0.1) is 12.2 Å². The van der Waals surface area contributed by atoms with Gasteiger partial charge in [-0.3, -0.25) is 19.7 Å². The summed E-state index contributed by atoms with van der Waals surface area (Å²) in [5.74, 6) is -1.20. The molecule has 2 N–H and O–H groups in total. The number of nitrogens with zero attached hydrogens (tertiary/aromatic N) is 1. The molecule has 2 aromatic rings. The minimum Gasteiger partial charge on any atom is -0.450 e. The van der Waals surface area contributed by atoms with Crippen molar-refractivity contribution in [2.45, 2.75) is 20.8 Å². The van der Waals surface area contributed by atoms with E-state index in [2.05, 4.69) is 15.4 Å². The third-order valence-corrected chi connectivity index (χ3v) is 4.90. The van der Waals surface area contributed by atoms with Crippen molar-refractivity contribution in [2.75, 3.05) is 25.0 Å². The highest BCUT2D eigenvalue weighted by atomic mass is 32.1. The SMILES string of the molecule is CCOC(=O)NC(=O)c1ccsc1NC(=O)c1ccc(C(=O)N(CC)CC)cc1. The van der Waals surface area contributed by atoms with Gasteiger partial charge in [0.2, 0.25) is 0 Å². The van der Waals surface area contributed by atoms with Gasteiger partial charge < -0.3 is 15.0 Å². The number of ether oxygens (including phenoxy) is 1. The first-order valence-corrected chi connectivity index (χ1v) is 10.0. The van der Waals surface area contributed by atoms with Gasteiger partial charge in [-0.25, -0.2) is 4.79 Å². The Morgan fingerprint density at radius 2 is 1.55 bits per heavy atom. The summed E-state index contributed by atoms with van der Waals surface area (Å²) in [5.41, 5.74) is 0.992. The minimum atomic E-state index is -0.852. The molecule has 4 amide bonds. The van der Waals surface area contributed by atoms with Crippen LogP contribution in [0.25, 0.3) is 0 Å². The van der Waals surface area contributed by atoms with Crippen molar-refractivity contribution < 1.29 is 23.9 Å². The first-order valence-electron chi connectivity index (χ1n) is 9.17. The number of carbonyl (C=O) groups is 4. The fraction of sp³-hybridized carbons (Fsp3) is 0.300. The maximum atomic E-state index is 12.5. The molecule has 29 heavy (non-hydrogen) atoms. The van der Waals surface area contributed by atoms with E-state index in [9.17, 15) is 19.2 Å². The number of imide groups is 1. The zero-order valence-electron chi connectivity index (χ0n) is 16.5. The zero-order valence-corrected chi connectivity index (χ0v) is 17.3. The molecule has 0 aliphatic carbocycles. The number of carbonyl (C=O) groups excluding carboxylic acids is 4. The first kappa shape index (κ1) is 22.1. The van der Waals surface area contributed by atoms with Gasteiger partial charge in [0.15, 0.2) is 0 Å². The Labute approximate surface area is 172 Å². The van der Waals surface area contributed by atoms with E-state index < -0.39 is 17.9 Å². The third-order valence-electron chi connectivity index (χ3n) is 4.07. The van der Waals surface area contributed by atoms with E-state index in [1.165, 1.54) is 6.07 Å². The fourth-order valence-corrected chi connectivity index (χ4v) is 3.32. The molecule has 0 unspecified atom stereocenters. The summed E-state index contributed by atoms with van der Waals surface area (Å²) in [7, 11) is 0. The molecule has 0 fully saturated rings. The predicted octanol–water partition coefficient (Wildman–Crippen LogP) is 3.37. The van der Waals surface area contributed by atoms with Crippen molar-refractivity contribution in [1.82, 2.24) is 10.2 Å². The average Bonchev–Trinajstić information content (AvgIpc) is 3.17. The van der Waals surface area contributed by atoms with Crippen LogP contribution in [0.1, 0.15) is 51.8 Å². The van der Waals surface area contributed by atoms with Crippen LogP contribution in [0.3, 0.4) is 0 Å². The second-order valence-corrected chi connectivity index (χ2v) is 6.76. The van der Waals surface area contributed by atoms with Gasteiger partial charge in [0.1, 0.15) is 5.00 Å². The van der Waals surface area contributed by atoms with Crippen molar-refractivity contribution in [2.24, 2.45) is 0 Å². The summed E-state index contributed by atoms with van der Waals surface area (Å²) in [6, 6.07) is 7.80. The Balaban J connectivity index is 2.08. The fourth-order valence-electron chi connectivity index (χ4n) is 2.54. The minimum absolute atomic E-state index is 0.0989. The van der Waals surface area contributed by atoms with E-state index in [1.807, 2.05) is 13.8 Å². The third kappa shape index (κ3) is 5.64. The molecule has 1 aromatic carbocycles. The first-order chi connectivity index (χ1) is 13.9. The van der Waals surface area contributed by atoms with Crippen LogP contribution in [0.5, 0.6) is 0 Å². The van der Waals surface area contributed by atoms with Gasteiger partial charge in [-0.1, -0.05) is 0 Å². The highest BCUT2D eigenvalue weighted by molar-refractivity contribution is 7.14. The molecule has 0 aliphatic rings. The molecule has 0 atom stereocenters. The lowest BCUT2D eigenvalue weighted by Gasteiger charge is -2.18. The van der Waals surface area contributed by atoms with Crippen LogP contribution >= 0.6 is 11.3 Å². The molecule has 0 saturated heterocycles. The largest absolute Gasteiger partial charge is 0.450 e. The van der Waals surface area contributed by atoms with E-state index >= 15 is 0 Å². The molecule has 1 heterocycles. The van der Waals surface area contributed by atoms with Crippen molar-refractivity contribution in [1.29, 1.82) is 0 Å². The van der Waals surface area contributed by atoms with Crippen LogP contribution in [0, 0.1) is 0 Å². The number of amides is 4. The highest BCUT2D eigenvalue weighted by Crippen LogP contribution is 2.24. The molecular formula is C20H23N3O5S. The number of hydrogen-bond acceptors (Lipinski definition) is 6. The number of benzene rings is 1. The van der Waals surface area contributed by atoms with E-state index in [4.69, 9.17) is 0 Å². The van der Waals surface area contributed by atoms with Crippen LogP contribution in [0.2, 0.25) is 0 Å². The van der Waals surface area contributed by atoms with Gasteiger partial charge in [-0.15, -0.1) is 11.3 Å². The molecule has 9 heteroatoms. The van der Waals surface area contributed by atoms with Crippen molar-refractivity contribution in [3.63, 3.8) is 0 Å². The number of hydrogen-bond donors (Lipinski definition) is 2. The number of anilines is 1. The molecule has 0 saturated carbocycles. The molecule has 1 aromatic heterocycles. The second-order valence-electron chi connectivity index (χ2n) is 5.85. The summed E-state index contributed by atoms with van der Waals surface area (Å²) in [5, 5.41) is 6.68. The molecular weight excluding hydrogens is 394 g/mol. The molecule has 0 radical (unpaired) electrons. The molecule has 2 rings (SSSR count). The number of thiophene rings is 1. The normalized spacial score (nSPS) is 10.2. The van der Waals surface area contributed by atoms with Gasteiger partial charge in [0, 0.05) is 24.2 Å². The maximum Gasteiger partial charge on any atom is 0.414 e. The zero-order chi connectivity index (χ0) is 21.4. The van der Waals surface area contributed by atoms with E-state index in [0.717, 1.165) is 11.3 Å². The quantitative estimate of drug-likeness (QED) is 0.719. The summed E-state index contributed by atoms with van der Waals surface area (Å²) in [6.07, 6.45) is -0.852. The number of rotatable bonds is 7. The Morgan fingerprint density at radius 1 is 0.931 bits per heavy atom. The van der Waals surface area contributed by atoms with Crippen molar-refractivity contribution in [3.8, 4) is 0 Å². The Kier molecular flexibility index (Phi) is 7.90. The van der Waals surface area contributed by atoms with Gasteiger partial charge in [-0.05, 0) is 56.5 Å². The van der Waals surface area contributed by atoms with Gasteiger partial charge in [0.25, 0.3) is 17.7 Å². The maximum absolute atomic E-state index is 12.5. The van der Waals surface area contributed by atoms with Crippen molar-refractivity contribution >= 4 is 40.2 Å². The smallest absolute Gasteiger partial charge is 0.414 e. The second kappa shape index (κ2) is 10.4. The standard InChI is InChI=1S/C20H23N3O5S/c1-4-23(5-2)19(26)14-9-7-13(8-10-14)16(24)21-18-15(11-12-29-18)17(25)22-20(27)28-6-3/h7-12H,4-6H2,1-3H3,(H,21,24)(H,22,25,27). The number of nitrogens with one attached hydrogen (secondary N) is 2. The Hall–Kier alpha value is -3.20. The summed E-state index contributed by atoms with van der Waals surface area (Å²) < 4.78 is 4.68. The summed E-state index contributed by atoms with van der Waals surface area (Å²) >= 11 is 1.15. The molecule has 154 valence electrons. The van der Waals surface area contributed by atoms with E-state index in [0.29, 0.717) is 29.2 Å². The summed E-state index contributed by atoms with van der Waals surface area (Å²) in [4.78, 5) is 50.1. The van der Waals surface area contributed by atoms with Crippen LogP contribution in [0.4, 0.5) is 9.80 Å². The van der Waals surface area contributed by atoms with Crippen LogP contribution in [-0.4, -0.2) is 48.4 Å².